The molecule has 1 aromatic carbocycles. The van der Waals surface area contributed by atoms with Gasteiger partial charge in [0.15, 0.2) is 5.66 Å². The van der Waals surface area contributed by atoms with Crippen LogP contribution in [0.2, 0.25) is 0 Å². The van der Waals surface area contributed by atoms with Gasteiger partial charge < -0.3 is 9.64 Å². The average Bonchev–Trinajstić information content (AvgIpc) is 2.79. The van der Waals surface area contributed by atoms with Crippen molar-refractivity contribution in [2.45, 2.75) is 31.8 Å². The normalized spacial score (nSPS) is 27.1. The highest BCUT2D eigenvalue weighted by atomic mass is 16.7. The Kier molecular flexibility index (Phi) is 2.39. The van der Waals surface area contributed by atoms with Gasteiger partial charge in [0.25, 0.3) is 0 Å². The van der Waals surface area contributed by atoms with Crippen LogP contribution in [0.15, 0.2) is 36.3 Å². The second-order valence-electron chi connectivity index (χ2n) is 5.68. The molecular formula is C15H20N2O2. The molecule has 0 aliphatic carbocycles. The van der Waals surface area contributed by atoms with Crippen LogP contribution < -0.4 is 4.90 Å². The van der Waals surface area contributed by atoms with E-state index in [1.807, 2.05) is 11.3 Å². The topological polar surface area (TPSA) is 24.9 Å². The van der Waals surface area contributed by atoms with Gasteiger partial charge in [0.2, 0.25) is 5.88 Å². The molecule has 19 heavy (non-hydrogen) atoms. The van der Waals surface area contributed by atoms with E-state index >= 15 is 0 Å². The van der Waals surface area contributed by atoms with Gasteiger partial charge in [-0.15, -0.1) is 0 Å². The first-order valence-corrected chi connectivity index (χ1v) is 6.47. The van der Waals surface area contributed by atoms with E-state index in [0.29, 0.717) is 0 Å². The Balaban J connectivity index is 2.24. The molecule has 1 atom stereocenters. The third kappa shape index (κ3) is 1.22. The number of ether oxygens (including phenoxy) is 1. The molecular weight excluding hydrogens is 240 g/mol. The lowest BCUT2D eigenvalue weighted by atomic mass is 9.76. The summed E-state index contributed by atoms with van der Waals surface area (Å²) in [7, 11) is 3.35. The molecule has 102 valence electrons. The Morgan fingerprint density at radius 3 is 2.37 bits per heavy atom. The van der Waals surface area contributed by atoms with Gasteiger partial charge in [0.05, 0.1) is 20.4 Å². The summed E-state index contributed by atoms with van der Waals surface area (Å²) in [4.78, 5) is 7.84. The minimum atomic E-state index is -0.323. The number of fused-ring (bicyclic) bond motifs is 3. The van der Waals surface area contributed by atoms with Gasteiger partial charge in [-0.25, -0.2) is 0 Å². The van der Waals surface area contributed by atoms with Gasteiger partial charge in [0, 0.05) is 11.1 Å². The van der Waals surface area contributed by atoms with Gasteiger partial charge in [0.1, 0.15) is 0 Å². The molecule has 3 rings (SSSR count). The predicted molar refractivity (Wildman–Crippen MR) is 74.3 cm³/mol. The maximum Gasteiger partial charge on any atom is 0.232 e. The summed E-state index contributed by atoms with van der Waals surface area (Å²) in [5.41, 5.74) is 2.13. The van der Waals surface area contributed by atoms with E-state index in [1.165, 1.54) is 11.3 Å². The third-order valence-electron chi connectivity index (χ3n) is 4.72. The van der Waals surface area contributed by atoms with E-state index < -0.39 is 0 Å². The minimum Gasteiger partial charge on any atom is -0.480 e. The molecule has 0 fully saturated rings. The quantitative estimate of drug-likeness (QED) is 0.816. The number of nitrogens with zero attached hydrogens (tertiary/aromatic N) is 2. The molecule has 4 nitrogen and oxygen atoms in total. The zero-order valence-electron chi connectivity index (χ0n) is 12.1. The molecule has 0 saturated carbocycles. The average molecular weight is 260 g/mol. The van der Waals surface area contributed by atoms with Crippen molar-refractivity contribution in [2.24, 2.45) is 0 Å². The van der Waals surface area contributed by atoms with E-state index in [-0.39, 0.29) is 11.1 Å². The van der Waals surface area contributed by atoms with Crippen molar-refractivity contribution in [3.63, 3.8) is 0 Å². The van der Waals surface area contributed by atoms with Crippen LogP contribution in [0.4, 0.5) is 5.69 Å². The van der Waals surface area contributed by atoms with Crippen molar-refractivity contribution in [1.29, 1.82) is 0 Å². The molecule has 1 unspecified atom stereocenters. The molecule has 0 saturated heterocycles. The second kappa shape index (κ2) is 3.67. The molecule has 0 N–H and O–H groups in total. The van der Waals surface area contributed by atoms with Crippen LogP contribution in [0.5, 0.6) is 0 Å². The molecule has 0 radical (unpaired) electrons. The van der Waals surface area contributed by atoms with Crippen LogP contribution >= 0.6 is 0 Å². The summed E-state index contributed by atoms with van der Waals surface area (Å²) in [6.45, 7) is 6.66. The number of hydrogen-bond acceptors (Lipinski definition) is 4. The van der Waals surface area contributed by atoms with Gasteiger partial charge in [-0.3, -0.25) is 4.84 Å². The Morgan fingerprint density at radius 1 is 1.05 bits per heavy atom. The fourth-order valence-electron chi connectivity index (χ4n) is 3.33. The summed E-state index contributed by atoms with van der Waals surface area (Å²) in [6, 6.07) is 8.49. The second-order valence-corrected chi connectivity index (χ2v) is 5.68. The lowest BCUT2D eigenvalue weighted by molar-refractivity contribution is -0.200. The fraction of sp³-hybridized carbons (Fsp3) is 0.467. The SMILES string of the molecule is COC1=CN2c3ccccc3C(C)(C)C2(C)N1OC. The lowest BCUT2D eigenvalue weighted by Gasteiger charge is -2.45. The van der Waals surface area contributed by atoms with Crippen molar-refractivity contribution in [1.82, 2.24) is 5.06 Å². The van der Waals surface area contributed by atoms with Crippen molar-refractivity contribution in [3.8, 4) is 0 Å². The van der Waals surface area contributed by atoms with Crippen LogP contribution in [0.1, 0.15) is 26.3 Å². The molecule has 4 heteroatoms. The molecule has 1 aromatic rings. The van der Waals surface area contributed by atoms with Gasteiger partial charge >= 0.3 is 0 Å². The van der Waals surface area contributed by atoms with E-state index in [0.717, 1.165) is 5.88 Å². The molecule has 0 aromatic heterocycles. The Labute approximate surface area is 114 Å². The summed E-state index contributed by atoms with van der Waals surface area (Å²) in [5.74, 6) is 0.729. The highest BCUT2D eigenvalue weighted by molar-refractivity contribution is 5.69. The predicted octanol–water partition coefficient (Wildman–Crippen LogP) is 2.82. The molecule has 0 spiro atoms. The first-order chi connectivity index (χ1) is 8.98. The van der Waals surface area contributed by atoms with Crippen molar-refractivity contribution in [3.05, 3.63) is 41.9 Å². The number of anilines is 1. The van der Waals surface area contributed by atoms with Crippen molar-refractivity contribution < 1.29 is 9.57 Å². The summed E-state index contributed by atoms with van der Waals surface area (Å²) < 4.78 is 5.44. The van der Waals surface area contributed by atoms with Crippen molar-refractivity contribution in [2.75, 3.05) is 19.1 Å². The largest absolute Gasteiger partial charge is 0.480 e. The first-order valence-electron chi connectivity index (χ1n) is 6.47. The minimum absolute atomic E-state index is 0.0869. The van der Waals surface area contributed by atoms with Crippen LogP contribution in [0.3, 0.4) is 0 Å². The maximum absolute atomic E-state index is 5.60. The Hall–Kier alpha value is -1.68. The number of hydroxylamine groups is 2. The number of para-hydroxylation sites is 1. The number of methoxy groups -OCH3 is 1. The summed E-state index contributed by atoms with van der Waals surface area (Å²) in [5, 5.41) is 1.85. The van der Waals surface area contributed by atoms with Gasteiger partial charge in [-0.05, 0) is 18.6 Å². The molecule has 0 amide bonds. The van der Waals surface area contributed by atoms with E-state index in [1.54, 1.807) is 14.2 Å². The summed E-state index contributed by atoms with van der Waals surface area (Å²) in [6.07, 6.45) is 2.01. The molecule has 2 aliphatic heterocycles. The Morgan fingerprint density at radius 2 is 1.74 bits per heavy atom. The molecule has 2 heterocycles. The van der Waals surface area contributed by atoms with Crippen LogP contribution in [0.25, 0.3) is 0 Å². The van der Waals surface area contributed by atoms with Gasteiger partial charge in [-0.2, -0.15) is 5.06 Å². The monoisotopic (exact) mass is 260 g/mol. The first kappa shape index (κ1) is 12.4. The van der Waals surface area contributed by atoms with E-state index in [2.05, 4.69) is 49.9 Å². The van der Waals surface area contributed by atoms with Crippen molar-refractivity contribution >= 4 is 5.69 Å². The van der Waals surface area contributed by atoms with Crippen LogP contribution in [0, 0.1) is 0 Å². The standard InChI is InChI=1S/C15H20N2O2/c1-14(2)11-8-6-7-9-12(11)16-10-13(18-4)17(19-5)15(14,16)3/h6-10H,1-5H3. The molecule has 2 aliphatic rings. The van der Waals surface area contributed by atoms with E-state index in [4.69, 9.17) is 9.57 Å². The molecule has 0 bridgehead atoms. The number of rotatable bonds is 2. The highest BCUT2D eigenvalue weighted by Gasteiger charge is 2.61. The smallest absolute Gasteiger partial charge is 0.232 e. The van der Waals surface area contributed by atoms with Crippen LogP contribution in [-0.4, -0.2) is 24.9 Å². The lowest BCUT2D eigenvalue weighted by Crippen LogP contribution is -2.59. The maximum atomic E-state index is 5.60. The van der Waals surface area contributed by atoms with Gasteiger partial charge in [-0.1, -0.05) is 32.0 Å². The number of hydrogen-bond donors (Lipinski definition) is 0. The zero-order chi connectivity index (χ0) is 13.8. The van der Waals surface area contributed by atoms with Crippen LogP contribution in [-0.2, 0) is 15.0 Å². The highest BCUT2D eigenvalue weighted by Crippen LogP contribution is 2.56. The number of benzene rings is 1. The fourth-order valence-corrected chi connectivity index (χ4v) is 3.33. The third-order valence-corrected chi connectivity index (χ3v) is 4.72. The zero-order valence-corrected chi connectivity index (χ0v) is 12.1. The van der Waals surface area contributed by atoms with E-state index in [9.17, 15) is 0 Å². The summed E-state index contributed by atoms with van der Waals surface area (Å²) >= 11 is 0. The Bertz CT molecular complexity index is 553.